The van der Waals surface area contributed by atoms with Gasteiger partial charge in [0.2, 0.25) is 5.91 Å². The van der Waals surface area contributed by atoms with Crippen molar-refractivity contribution in [3.63, 3.8) is 0 Å². The largest absolute Gasteiger partial charge is 0.278 e. The number of carbonyl (C=O) groups is 2. The summed E-state index contributed by atoms with van der Waals surface area (Å²) in [5.74, 6) is 0.0902. The Balaban J connectivity index is 2.15. The Hall–Kier alpha value is -0.200. The van der Waals surface area contributed by atoms with Crippen molar-refractivity contribution >= 4 is 55.0 Å². The van der Waals surface area contributed by atoms with Gasteiger partial charge in [-0.05, 0) is 50.3 Å². The van der Waals surface area contributed by atoms with Gasteiger partial charge in [-0.3, -0.25) is 14.5 Å². The maximum atomic E-state index is 12.3. The maximum absolute atomic E-state index is 12.3. The van der Waals surface area contributed by atoms with E-state index in [1.807, 2.05) is 0 Å². The van der Waals surface area contributed by atoms with E-state index in [-0.39, 0.29) is 11.8 Å². The van der Waals surface area contributed by atoms with Gasteiger partial charge < -0.3 is 0 Å². The Morgan fingerprint density at radius 1 is 1.56 bits per heavy atom. The molecule has 1 aromatic heterocycles. The molecule has 1 saturated heterocycles. The molecule has 0 bridgehead atoms. The van der Waals surface area contributed by atoms with Crippen LogP contribution >= 0.6 is 43.2 Å². The van der Waals surface area contributed by atoms with Crippen LogP contribution in [-0.2, 0) is 4.79 Å². The van der Waals surface area contributed by atoms with Crippen LogP contribution in [-0.4, -0.2) is 23.3 Å². The normalized spacial score (nSPS) is 19.6. The lowest BCUT2D eigenvalue weighted by Gasteiger charge is -2.14. The first-order chi connectivity index (χ1) is 8.52. The highest BCUT2D eigenvalue weighted by Crippen LogP contribution is 2.34. The number of hydrogen-bond donors (Lipinski definition) is 0. The smallest absolute Gasteiger partial charge is 0.262 e. The van der Waals surface area contributed by atoms with Gasteiger partial charge in [0, 0.05) is 13.0 Å². The van der Waals surface area contributed by atoms with Crippen LogP contribution in [0.25, 0.3) is 0 Å². The van der Waals surface area contributed by atoms with E-state index in [4.69, 9.17) is 0 Å². The first kappa shape index (κ1) is 14.2. The second-order valence-corrected chi connectivity index (χ2v) is 8.16. The molecule has 1 unspecified atom stereocenters. The lowest BCUT2D eigenvalue weighted by molar-refractivity contribution is -0.125. The molecule has 1 fully saturated rings. The van der Waals surface area contributed by atoms with Crippen LogP contribution in [0.4, 0.5) is 0 Å². The lowest BCUT2D eigenvalue weighted by atomic mass is 10.0. The summed E-state index contributed by atoms with van der Waals surface area (Å²) >= 11 is 8.15. The van der Waals surface area contributed by atoms with Gasteiger partial charge in [0.25, 0.3) is 5.91 Å². The van der Waals surface area contributed by atoms with E-state index in [9.17, 15) is 9.59 Å². The Labute approximate surface area is 127 Å². The molecule has 2 heterocycles. The number of likely N-dealkylation sites (tertiary alicyclic amines) is 1. The fourth-order valence-corrected chi connectivity index (χ4v) is 4.99. The molecule has 0 saturated carbocycles. The van der Waals surface area contributed by atoms with Crippen molar-refractivity contribution in [3.05, 3.63) is 19.2 Å². The van der Waals surface area contributed by atoms with Crippen LogP contribution in [0.2, 0.25) is 0 Å². The van der Waals surface area contributed by atoms with E-state index in [1.165, 1.54) is 16.2 Å². The number of thiophene rings is 1. The van der Waals surface area contributed by atoms with E-state index in [2.05, 4.69) is 38.8 Å². The highest BCUT2D eigenvalue weighted by atomic mass is 79.9. The topological polar surface area (TPSA) is 37.4 Å². The van der Waals surface area contributed by atoms with Crippen LogP contribution in [0, 0.1) is 5.92 Å². The van der Waals surface area contributed by atoms with Crippen molar-refractivity contribution in [1.29, 1.82) is 0 Å². The molecule has 18 heavy (non-hydrogen) atoms. The molecule has 1 aliphatic rings. The summed E-state index contributed by atoms with van der Waals surface area (Å²) in [5, 5.41) is 0. The minimum Gasteiger partial charge on any atom is -0.278 e. The van der Waals surface area contributed by atoms with Gasteiger partial charge in [0.15, 0.2) is 0 Å². The third-order valence-corrected chi connectivity index (χ3v) is 5.37. The molecule has 1 aliphatic heterocycles. The van der Waals surface area contributed by atoms with Crippen molar-refractivity contribution in [1.82, 2.24) is 4.90 Å². The van der Waals surface area contributed by atoms with Gasteiger partial charge in [0.05, 0.1) is 13.1 Å². The highest BCUT2D eigenvalue weighted by molar-refractivity contribution is 9.12. The van der Waals surface area contributed by atoms with Crippen LogP contribution in [0.5, 0.6) is 0 Å². The molecule has 1 aromatic rings. The maximum Gasteiger partial charge on any atom is 0.262 e. The average Bonchev–Trinajstić information content (AvgIpc) is 2.82. The molecule has 6 heteroatoms. The van der Waals surface area contributed by atoms with Crippen LogP contribution in [0.3, 0.4) is 0 Å². The first-order valence-corrected chi connectivity index (χ1v) is 8.22. The molecule has 2 rings (SSSR count). The highest BCUT2D eigenvalue weighted by Gasteiger charge is 2.34. The van der Waals surface area contributed by atoms with E-state index in [0.29, 0.717) is 24.4 Å². The van der Waals surface area contributed by atoms with Crippen molar-refractivity contribution < 1.29 is 9.59 Å². The zero-order valence-electron chi connectivity index (χ0n) is 9.91. The van der Waals surface area contributed by atoms with Crippen molar-refractivity contribution in [2.75, 3.05) is 6.54 Å². The standard InChI is InChI=1S/C12H13Br2NO2S/c1-2-3-7-4-10(16)15(6-7)12(17)8-5-9(13)18-11(8)14/h5,7H,2-4,6H2,1H3. The Morgan fingerprint density at radius 2 is 2.28 bits per heavy atom. The fourth-order valence-electron chi connectivity index (χ4n) is 2.21. The SMILES string of the molecule is CCCC1CC(=O)N(C(=O)c2cc(Br)sc2Br)C1. The minimum atomic E-state index is -0.188. The molecule has 0 aromatic carbocycles. The Bertz CT molecular complexity index is 486. The summed E-state index contributed by atoms with van der Waals surface area (Å²) in [6, 6.07) is 1.76. The van der Waals surface area contributed by atoms with Gasteiger partial charge >= 0.3 is 0 Å². The Morgan fingerprint density at radius 3 is 2.83 bits per heavy atom. The third kappa shape index (κ3) is 2.86. The molecule has 2 amide bonds. The summed E-state index contributed by atoms with van der Waals surface area (Å²) in [4.78, 5) is 25.6. The van der Waals surface area contributed by atoms with Crippen LogP contribution in [0.15, 0.2) is 13.6 Å². The zero-order valence-corrected chi connectivity index (χ0v) is 13.9. The summed E-state index contributed by atoms with van der Waals surface area (Å²) in [6.45, 7) is 2.66. The summed E-state index contributed by atoms with van der Waals surface area (Å²) in [6.07, 6.45) is 2.56. The number of carbonyl (C=O) groups excluding carboxylic acids is 2. The zero-order chi connectivity index (χ0) is 13.3. The number of imide groups is 1. The number of rotatable bonds is 3. The number of nitrogens with zero attached hydrogens (tertiary/aromatic N) is 1. The predicted octanol–water partition coefficient (Wildman–Crippen LogP) is 4.06. The second-order valence-electron chi connectivity index (χ2n) is 4.41. The number of hydrogen-bond acceptors (Lipinski definition) is 3. The second kappa shape index (κ2) is 5.84. The summed E-state index contributed by atoms with van der Waals surface area (Å²) in [5.41, 5.74) is 0.567. The van der Waals surface area contributed by atoms with Gasteiger partial charge in [-0.1, -0.05) is 13.3 Å². The lowest BCUT2D eigenvalue weighted by Crippen LogP contribution is -2.32. The molecular weight excluding hydrogens is 382 g/mol. The Kier molecular flexibility index (Phi) is 4.61. The fraction of sp³-hybridized carbons (Fsp3) is 0.500. The van der Waals surface area contributed by atoms with E-state index in [0.717, 1.165) is 20.4 Å². The molecule has 98 valence electrons. The summed E-state index contributed by atoms with van der Waals surface area (Å²) < 4.78 is 1.65. The molecule has 0 spiro atoms. The number of amides is 2. The molecule has 3 nitrogen and oxygen atoms in total. The van der Waals surface area contributed by atoms with Crippen molar-refractivity contribution in [2.45, 2.75) is 26.2 Å². The predicted molar refractivity (Wildman–Crippen MR) is 78.8 cm³/mol. The van der Waals surface area contributed by atoms with Crippen molar-refractivity contribution in [2.24, 2.45) is 5.92 Å². The van der Waals surface area contributed by atoms with Gasteiger partial charge in [-0.15, -0.1) is 11.3 Å². The van der Waals surface area contributed by atoms with Crippen LogP contribution < -0.4 is 0 Å². The third-order valence-electron chi connectivity index (χ3n) is 3.03. The average molecular weight is 395 g/mol. The minimum absolute atomic E-state index is 0.0485. The monoisotopic (exact) mass is 393 g/mol. The van der Waals surface area contributed by atoms with E-state index in [1.54, 1.807) is 6.07 Å². The van der Waals surface area contributed by atoms with Gasteiger partial charge in [-0.2, -0.15) is 0 Å². The van der Waals surface area contributed by atoms with Gasteiger partial charge in [0.1, 0.15) is 0 Å². The molecule has 0 N–H and O–H groups in total. The molecule has 1 atom stereocenters. The molecule has 0 radical (unpaired) electrons. The first-order valence-electron chi connectivity index (χ1n) is 5.82. The van der Waals surface area contributed by atoms with Gasteiger partial charge in [-0.25, -0.2) is 0 Å². The quantitative estimate of drug-likeness (QED) is 0.724. The van der Waals surface area contributed by atoms with E-state index >= 15 is 0 Å². The molecular formula is C12H13Br2NO2S. The molecule has 0 aliphatic carbocycles. The number of halogens is 2. The van der Waals surface area contributed by atoms with Crippen molar-refractivity contribution in [3.8, 4) is 0 Å². The summed E-state index contributed by atoms with van der Waals surface area (Å²) in [7, 11) is 0. The van der Waals surface area contributed by atoms with E-state index < -0.39 is 0 Å². The van der Waals surface area contributed by atoms with Crippen LogP contribution in [0.1, 0.15) is 36.5 Å².